The summed E-state index contributed by atoms with van der Waals surface area (Å²) in [5, 5.41) is 0. The molecule has 0 spiro atoms. The summed E-state index contributed by atoms with van der Waals surface area (Å²) >= 11 is 0. The SMILES string of the molecule is COc1ccc(N2C(N)=NCC2(C)CCC(C)C)cc1. The largest absolute Gasteiger partial charge is 0.497 e. The lowest BCUT2D eigenvalue weighted by atomic mass is 9.90. The monoisotopic (exact) mass is 275 g/mol. The van der Waals surface area contributed by atoms with Crippen LogP contribution in [0.5, 0.6) is 5.75 Å². The zero-order valence-corrected chi connectivity index (χ0v) is 12.9. The molecule has 2 N–H and O–H groups in total. The van der Waals surface area contributed by atoms with Crippen molar-refractivity contribution >= 4 is 11.6 Å². The number of methoxy groups -OCH3 is 1. The Morgan fingerprint density at radius 2 is 2.00 bits per heavy atom. The Balaban J connectivity index is 2.22. The molecule has 2 rings (SSSR count). The van der Waals surface area contributed by atoms with Crippen molar-refractivity contribution in [2.24, 2.45) is 16.6 Å². The second kappa shape index (κ2) is 5.73. The number of nitrogens with two attached hydrogens (primary N) is 1. The van der Waals surface area contributed by atoms with Crippen LogP contribution < -0.4 is 15.4 Å². The van der Waals surface area contributed by atoms with Gasteiger partial charge in [-0.3, -0.25) is 4.99 Å². The van der Waals surface area contributed by atoms with Gasteiger partial charge in [0.05, 0.1) is 19.2 Å². The van der Waals surface area contributed by atoms with Crippen LogP contribution in [-0.2, 0) is 0 Å². The number of nitrogens with zero attached hydrogens (tertiary/aromatic N) is 2. The minimum atomic E-state index is -0.0249. The molecule has 1 aromatic carbocycles. The standard InChI is InChI=1S/C16H25N3O/c1-12(2)9-10-16(3)11-18-15(17)19(16)13-5-7-14(20-4)8-6-13/h5-8,12H,9-11H2,1-4H3,(H2,17,18). The van der Waals surface area contributed by atoms with Crippen LogP contribution >= 0.6 is 0 Å². The van der Waals surface area contributed by atoms with E-state index in [1.165, 1.54) is 6.42 Å². The molecule has 0 radical (unpaired) electrons. The molecule has 0 amide bonds. The van der Waals surface area contributed by atoms with Crippen LogP contribution in [0.25, 0.3) is 0 Å². The predicted molar refractivity (Wildman–Crippen MR) is 84.4 cm³/mol. The molecule has 4 nitrogen and oxygen atoms in total. The Hall–Kier alpha value is -1.71. The predicted octanol–water partition coefficient (Wildman–Crippen LogP) is 3.02. The molecule has 0 bridgehead atoms. The van der Waals surface area contributed by atoms with Gasteiger partial charge >= 0.3 is 0 Å². The van der Waals surface area contributed by atoms with Crippen molar-refractivity contribution < 1.29 is 4.74 Å². The third-order valence-electron chi connectivity index (χ3n) is 3.94. The van der Waals surface area contributed by atoms with Crippen LogP contribution in [0, 0.1) is 5.92 Å². The van der Waals surface area contributed by atoms with Crippen molar-refractivity contribution in [3.8, 4) is 5.75 Å². The van der Waals surface area contributed by atoms with E-state index in [9.17, 15) is 0 Å². The summed E-state index contributed by atoms with van der Waals surface area (Å²) in [5.41, 5.74) is 7.16. The fourth-order valence-electron chi connectivity index (χ4n) is 2.64. The number of hydrogen-bond donors (Lipinski definition) is 1. The third kappa shape index (κ3) is 2.89. The number of hydrogen-bond acceptors (Lipinski definition) is 4. The fraction of sp³-hybridized carbons (Fsp3) is 0.562. The maximum Gasteiger partial charge on any atom is 0.196 e. The molecule has 1 aliphatic rings. The van der Waals surface area contributed by atoms with Crippen LogP contribution in [-0.4, -0.2) is 25.2 Å². The second-order valence-corrected chi connectivity index (χ2v) is 6.14. The van der Waals surface area contributed by atoms with E-state index in [2.05, 4.69) is 30.7 Å². The highest BCUT2D eigenvalue weighted by atomic mass is 16.5. The molecule has 1 heterocycles. The molecule has 110 valence electrons. The van der Waals surface area contributed by atoms with Gasteiger partial charge in [0, 0.05) is 5.69 Å². The Morgan fingerprint density at radius 3 is 2.55 bits per heavy atom. The first-order chi connectivity index (χ1) is 9.46. The number of benzene rings is 1. The minimum Gasteiger partial charge on any atom is -0.497 e. The molecule has 1 aromatic rings. The van der Waals surface area contributed by atoms with E-state index >= 15 is 0 Å². The van der Waals surface area contributed by atoms with E-state index in [1.807, 2.05) is 24.3 Å². The summed E-state index contributed by atoms with van der Waals surface area (Å²) in [6, 6.07) is 8.01. The summed E-state index contributed by atoms with van der Waals surface area (Å²) in [6.07, 6.45) is 2.26. The van der Waals surface area contributed by atoms with Gasteiger partial charge < -0.3 is 15.4 Å². The van der Waals surface area contributed by atoms with Crippen LogP contribution in [0.2, 0.25) is 0 Å². The second-order valence-electron chi connectivity index (χ2n) is 6.14. The number of guanidine groups is 1. The lowest BCUT2D eigenvalue weighted by Crippen LogP contribution is -2.50. The number of rotatable bonds is 5. The number of aliphatic imine (C=N–C) groups is 1. The van der Waals surface area contributed by atoms with E-state index in [1.54, 1.807) is 7.11 Å². The lowest BCUT2D eigenvalue weighted by Gasteiger charge is -2.36. The minimum absolute atomic E-state index is 0.0249. The molecule has 0 aliphatic carbocycles. The third-order valence-corrected chi connectivity index (χ3v) is 3.94. The first-order valence-electron chi connectivity index (χ1n) is 7.20. The topological polar surface area (TPSA) is 50.9 Å². The molecule has 20 heavy (non-hydrogen) atoms. The Bertz CT molecular complexity index is 481. The van der Waals surface area contributed by atoms with Crippen LogP contribution in [0.15, 0.2) is 29.3 Å². The quantitative estimate of drug-likeness (QED) is 0.898. The van der Waals surface area contributed by atoms with Gasteiger partial charge in [0.15, 0.2) is 5.96 Å². The molecule has 1 aliphatic heterocycles. The Kier molecular flexibility index (Phi) is 4.21. The molecule has 4 heteroatoms. The van der Waals surface area contributed by atoms with Crippen molar-refractivity contribution in [3.63, 3.8) is 0 Å². The zero-order chi connectivity index (χ0) is 14.8. The van der Waals surface area contributed by atoms with Crippen molar-refractivity contribution in [2.45, 2.75) is 39.2 Å². The van der Waals surface area contributed by atoms with Crippen molar-refractivity contribution in [1.29, 1.82) is 0 Å². The highest BCUT2D eigenvalue weighted by molar-refractivity contribution is 5.98. The van der Waals surface area contributed by atoms with Gasteiger partial charge in [-0.2, -0.15) is 0 Å². The molecule has 0 aromatic heterocycles. The smallest absolute Gasteiger partial charge is 0.196 e. The number of ether oxygens (including phenoxy) is 1. The van der Waals surface area contributed by atoms with Gasteiger partial charge in [-0.15, -0.1) is 0 Å². The van der Waals surface area contributed by atoms with E-state index in [0.29, 0.717) is 11.9 Å². The van der Waals surface area contributed by atoms with Crippen molar-refractivity contribution in [3.05, 3.63) is 24.3 Å². The molecule has 0 fully saturated rings. The molecular weight excluding hydrogens is 250 g/mol. The number of anilines is 1. The first kappa shape index (κ1) is 14.7. The van der Waals surface area contributed by atoms with Crippen LogP contribution in [0.1, 0.15) is 33.6 Å². The van der Waals surface area contributed by atoms with E-state index < -0.39 is 0 Å². The van der Waals surface area contributed by atoms with Gasteiger partial charge in [0.2, 0.25) is 0 Å². The summed E-state index contributed by atoms with van der Waals surface area (Å²) < 4.78 is 5.21. The van der Waals surface area contributed by atoms with Crippen LogP contribution in [0.4, 0.5) is 5.69 Å². The van der Waals surface area contributed by atoms with Gasteiger partial charge in [0.25, 0.3) is 0 Å². The highest BCUT2D eigenvalue weighted by Crippen LogP contribution is 2.33. The van der Waals surface area contributed by atoms with Crippen molar-refractivity contribution in [2.75, 3.05) is 18.6 Å². The molecule has 1 atom stereocenters. The van der Waals surface area contributed by atoms with Gasteiger partial charge in [-0.1, -0.05) is 13.8 Å². The maximum absolute atomic E-state index is 6.11. The molecular formula is C16H25N3O. The Labute approximate surface area is 121 Å². The summed E-state index contributed by atoms with van der Waals surface area (Å²) in [5.74, 6) is 2.15. The summed E-state index contributed by atoms with van der Waals surface area (Å²) in [4.78, 5) is 6.62. The van der Waals surface area contributed by atoms with Gasteiger partial charge in [0.1, 0.15) is 5.75 Å². The Morgan fingerprint density at radius 1 is 1.35 bits per heavy atom. The van der Waals surface area contributed by atoms with Gasteiger partial charge in [-0.25, -0.2) is 0 Å². The van der Waals surface area contributed by atoms with E-state index in [4.69, 9.17) is 10.5 Å². The summed E-state index contributed by atoms with van der Waals surface area (Å²) in [6.45, 7) is 7.50. The first-order valence-corrected chi connectivity index (χ1v) is 7.20. The normalized spacial score (nSPS) is 22.2. The fourth-order valence-corrected chi connectivity index (χ4v) is 2.64. The zero-order valence-electron chi connectivity index (χ0n) is 12.9. The van der Waals surface area contributed by atoms with E-state index in [0.717, 1.165) is 24.4 Å². The molecule has 0 saturated heterocycles. The van der Waals surface area contributed by atoms with E-state index in [-0.39, 0.29) is 5.54 Å². The average Bonchev–Trinajstić information content (AvgIpc) is 2.73. The van der Waals surface area contributed by atoms with Crippen LogP contribution in [0.3, 0.4) is 0 Å². The maximum atomic E-state index is 6.11. The summed E-state index contributed by atoms with van der Waals surface area (Å²) in [7, 11) is 1.67. The lowest BCUT2D eigenvalue weighted by molar-refractivity contribution is 0.406. The average molecular weight is 275 g/mol. The highest BCUT2D eigenvalue weighted by Gasteiger charge is 2.38. The van der Waals surface area contributed by atoms with Gasteiger partial charge in [-0.05, 0) is 49.9 Å². The molecule has 0 saturated carbocycles. The molecule has 1 unspecified atom stereocenters. The van der Waals surface area contributed by atoms with Crippen molar-refractivity contribution in [1.82, 2.24) is 0 Å².